The maximum Gasteiger partial charge on any atom is 0.162 e. The van der Waals surface area contributed by atoms with Gasteiger partial charge in [0.1, 0.15) is 0 Å². The molecule has 2 nitrogen and oxygen atoms in total. The third kappa shape index (κ3) is 2.82. The summed E-state index contributed by atoms with van der Waals surface area (Å²) in [7, 11) is 0. The van der Waals surface area contributed by atoms with E-state index in [4.69, 9.17) is 4.84 Å². The van der Waals surface area contributed by atoms with Crippen LogP contribution in [0.4, 0.5) is 5.69 Å². The fourth-order valence-electron chi connectivity index (χ4n) is 2.83. The number of nitrogens with one attached hydrogen (secondary N) is 1. The quantitative estimate of drug-likeness (QED) is 0.435. The fourth-order valence-corrected chi connectivity index (χ4v) is 2.83. The molecule has 1 N–H and O–H groups in total. The number of hydrogen-bond acceptors (Lipinski definition) is 2. The third-order valence-electron chi connectivity index (χ3n) is 4.03. The van der Waals surface area contributed by atoms with Gasteiger partial charge in [-0.1, -0.05) is 84.9 Å². The molecule has 0 aromatic heterocycles. The van der Waals surface area contributed by atoms with E-state index >= 15 is 0 Å². The van der Waals surface area contributed by atoms with Crippen molar-refractivity contribution in [2.45, 2.75) is 0 Å². The average molecular weight is 311 g/mol. The van der Waals surface area contributed by atoms with E-state index in [-0.39, 0.29) is 0 Å². The van der Waals surface area contributed by atoms with E-state index in [0.717, 1.165) is 17.0 Å². The van der Waals surface area contributed by atoms with Crippen LogP contribution in [0.2, 0.25) is 0 Å². The maximum atomic E-state index is 5.40. The summed E-state index contributed by atoms with van der Waals surface area (Å²) >= 11 is 0. The van der Waals surface area contributed by atoms with Crippen molar-refractivity contribution < 1.29 is 4.84 Å². The highest BCUT2D eigenvalue weighted by atomic mass is 16.6. The standard InChI is InChI=1S/C12H9NO.C10H8/c1-3-7-11-9(5-1)10-6-2-4-8-12(10)14-13-11;1-2-6-10-8-4-3-7-9(10)5-1/h1-8,13H;1-8H. The Balaban J connectivity index is 0.000000129. The van der Waals surface area contributed by atoms with Gasteiger partial charge in [0, 0.05) is 11.1 Å². The molecule has 1 heterocycles. The van der Waals surface area contributed by atoms with Crippen LogP contribution in [-0.2, 0) is 0 Å². The van der Waals surface area contributed by atoms with Crippen LogP contribution in [0.25, 0.3) is 21.9 Å². The summed E-state index contributed by atoms with van der Waals surface area (Å²) in [5.74, 6) is 0.881. The van der Waals surface area contributed by atoms with Gasteiger partial charge in [-0.25, -0.2) is 5.48 Å². The molecule has 0 unspecified atom stereocenters. The SMILES string of the molecule is c1ccc2c(c1)NOc1ccccc1-2.c1ccc2ccccc2c1. The molecule has 0 saturated carbocycles. The molecule has 0 atom stereocenters. The fraction of sp³-hybridized carbons (Fsp3) is 0. The first kappa shape index (κ1) is 14.3. The van der Waals surface area contributed by atoms with Gasteiger partial charge in [-0.05, 0) is 22.9 Å². The second-order valence-corrected chi connectivity index (χ2v) is 5.59. The van der Waals surface area contributed by atoms with E-state index < -0.39 is 0 Å². The number of fused-ring (bicyclic) bond motifs is 4. The monoisotopic (exact) mass is 311 g/mol. The lowest BCUT2D eigenvalue weighted by Crippen LogP contribution is -2.10. The Morgan fingerprint density at radius 1 is 0.500 bits per heavy atom. The molecule has 116 valence electrons. The van der Waals surface area contributed by atoms with Gasteiger partial charge >= 0.3 is 0 Å². The number of benzene rings is 4. The van der Waals surface area contributed by atoms with E-state index in [1.54, 1.807) is 0 Å². The Bertz CT molecular complexity index is 867. The summed E-state index contributed by atoms with van der Waals surface area (Å²) in [6, 6.07) is 32.8. The van der Waals surface area contributed by atoms with Gasteiger partial charge in [-0.15, -0.1) is 0 Å². The molecule has 2 heteroatoms. The van der Waals surface area contributed by atoms with E-state index in [1.165, 1.54) is 16.3 Å². The second kappa shape index (κ2) is 6.47. The first-order chi connectivity index (χ1) is 11.9. The molecule has 0 fully saturated rings. The normalized spacial score (nSPS) is 11.2. The van der Waals surface area contributed by atoms with Gasteiger partial charge in [0.2, 0.25) is 0 Å². The molecular formula is C22H17NO. The summed E-state index contributed by atoms with van der Waals surface area (Å²) in [4.78, 5) is 5.40. The molecule has 4 aromatic carbocycles. The van der Waals surface area contributed by atoms with E-state index in [9.17, 15) is 0 Å². The zero-order valence-electron chi connectivity index (χ0n) is 13.1. The highest BCUT2D eigenvalue weighted by Crippen LogP contribution is 2.38. The summed E-state index contributed by atoms with van der Waals surface area (Å²) in [5.41, 5.74) is 6.27. The van der Waals surface area contributed by atoms with Gasteiger partial charge in [0.25, 0.3) is 0 Å². The molecule has 4 aromatic rings. The predicted molar refractivity (Wildman–Crippen MR) is 100 cm³/mol. The van der Waals surface area contributed by atoms with Gasteiger partial charge in [0.05, 0.1) is 5.69 Å². The third-order valence-corrected chi connectivity index (χ3v) is 4.03. The first-order valence-electron chi connectivity index (χ1n) is 7.97. The van der Waals surface area contributed by atoms with Crippen molar-refractivity contribution in [3.63, 3.8) is 0 Å². The van der Waals surface area contributed by atoms with Gasteiger partial charge < -0.3 is 4.84 Å². The van der Waals surface area contributed by atoms with Crippen molar-refractivity contribution in [3.05, 3.63) is 97.1 Å². The highest BCUT2D eigenvalue weighted by Gasteiger charge is 2.14. The molecule has 0 bridgehead atoms. The molecule has 0 radical (unpaired) electrons. The van der Waals surface area contributed by atoms with Crippen molar-refractivity contribution in [1.82, 2.24) is 0 Å². The Morgan fingerprint density at radius 3 is 1.67 bits per heavy atom. The zero-order valence-corrected chi connectivity index (χ0v) is 13.1. The Hall–Kier alpha value is -3.26. The molecule has 0 amide bonds. The van der Waals surface area contributed by atoms with Gasteiger partial charge in [-0.3, -0.25) is 0 Å². The molecule has 0 saturated heterocycles. The highest BCUT2D eigenvalue weighted by molar-refractivity contribution is 5.83. The van der Waals surface area contributed by atoms with Gasteiger partial charge in [0.15, 0.2) is 5.75 Å². The number of hydrogen-bond donors (Lipinski definition) is 1. The molecule has 0 aliphatic carbocycles. The van der Waals surface area contributed by atoms with Crippen molar-refractivity contribution in [2.75, 3.05) is 5.48 Å². The predicted octanol–water partition coefficient (Wildman–Crippen LogP) is 5.91. The molecule has 1 aliphatic rings. The Morgan fingerprint density at radius 2 is 1.00 bits per heavy atom. The van der Waals surface area contributed by atoms with Crippen molar-refractivity contribution in [1.29, 1.82) is 0 Å². The van der Waals surface area contributed by atoms with Crippen LogP contribution in [0.15, 0.2) is 97.1 Å². The lowest BCUT2D eigenvalue weighted by atomic mass is 10.0. The largest absolute Gasteiger partial charge is 0.381 e. The van der Waals surface area contributed by atoms with Gasteiger partial charge in [-0.2, -0.15) is 0 Å². The summed E-state index contributed by atoms with van der Waals surface area (Å²) in [5, 5.41) is 2.62. The molecule has 5 rings (SSSR count). The van der Waals surface area contributed by atoms with E-state index in [1.807, 2.05) is 36.4 Å². The molecular weight excluding hydrogens is 294 g/mol. The van der Waals surface area contributed by atoms with Crippen LogP contribution < -0.4 is 10.3 Å². The topological polar surface area (TPSA) is 21.3 Å². The minimum atomic E-state index is 0.881. The summed E-state index contributed by atoms with van der Waals surface area (Å²) in [6.07, 6.45) is 0. The van der Waals surface area contributed by atoms with Crippen LogP contribution in [0.3, 0.4) is 0 Å². The number of anilines is 1. The van der Waals surface area contributed by atoms with Crippen molar-refractivity contribution in [3.8, 4) is 16.9 Å². The van der Waals surface area contributed by atoms with Crippen LogP contribution in [0.1, 0.15) is 0 Å². The van der Waals surface area contributed by atoms with Crippen LogP contribution in [0.5, 0.6) is 5.75 Å². The lowest BCUT2D eigenvalue weighted by Gasteiger charge is -2.20. The van der Waals surface area contributed by atoms with Crippen LogP contribution in [-0.4, -0.2) is 0 Å². The Kier molecular flexibility index (Phi) is 3.86. The smallest absolute Gasteiger partial charge is 0.162 e. The minimum Gasteiger partial charge on any atom is -0.381 e. The van der Waals surface area contributed by atoms with E-state index in [2.05, 4.69) is 66.1 Å². The Labute approximate surface area is 141 Å². The minimum absolute atomic E-state index is 0.881. The maximum absolute atomic E-state index is 5.40. The lowest BCUT2D eigenvalue weighted by molar-refractivity contribution is 0.402. The van der Waals surface area contributed by atoms with Crippen molar-refractivity contribution >= 4 is 16.5 Å². The van der Waals surface area contributed by atoms with E-state index in [0.29, 0.717) is 0 Å². The molecule has 0 spiro atoms. The van der Waals surface area contributed by atoms with Crippen molar-refractivity contribution in [2.24, 2.45) is 0 Å². The second-order valence-electron chi connectivity index (χ2n) is 5.59. The average Bonchev–Trinajstić information content (AvgIpc) is 2.68. The van der Waals surface area contributed by atoms with Crippen LogP contribution in [0, 0.1) is 0 Å². The van der Waals surface area contributed by atoms with Crippen LogP contribution >= 0.6 is 0 Å². The summed E-state index contributed by atoms with van der Waals surface area (Å²) < 4.78 is 0. The molecule has 1 aliphatic heterocycles. The molecule has 24 heavy (non-hydrogen) atoms. The number of para-hydroxylation sites is 2. The summed E-state index contributed by atoms with van der Waals surface area (Å²) in [6.45, 7) is 0. The number of rotatable bonds is 0. The first-order valence-corrected chi connectivity index (χ1v) is 7.97. The zero-order chi connectivity index (χ0) is 16.2.